The van der Waals surface area contributed by atoms with Gasteiger partial charge < -0.3 is 9.64 Å². The Labute approximate surface area is 225 Å². The third-order valence-corrected chi connectivity index (χ3v) is 10.4. The molecule has 196 valence electrons. The highest BCUT2D eigenvalue weighted by molar-refractivity contribution is 7.86. The Morgan fingerprint density at radius 2 is 2.03 bits per heavy atom. The van der Waals surface area contributed by atoms with E-state index in [9.17, 15) is 13.2 Å². The largest absolute Gasteiger partial charge is 0.491 e. The van der Waals surface area contributed by atoms with Crippen LogP contribution in [0.5, 0.6) is 5.75 Å². The van der Waals surface area contributed by atoms with Crippen molar-refractivity contribution in [3.05, 3.63) is 49.4 Å². The van der Waals surface area contributed by atoms with Crippen LogP contribution in [-0.2, 0) is 16.8 Å². The Balaban J connectivity index is 1.80. The van der Waals surface area contributed by atoms with Gasteiger partial charge in [-0.2, -0.15) is 38.1 Å². The second-order valence-corrected chi connectivity index (χ2v) is 13.6. The van der Waals surface area contributed by atoms with E-state index in [0.717, 1.165) is 11.3 Å². The van der Waals surface area contributed by atoms with Crippen molar-refractivity contribution in [1.29, 1.82) is 0 Å². The molecule has 0 bridgehead atoms. The van der Waals surface area contributed by atoms with Gasteiger partial charge in [0, 0.05) is 49.9 Å². The van der Waals surface area contributed by atoms with Gasteiger partial charge in [-0.1, -0.05) is 11.6 Å². The summed E-state index contributed by atoms with van der Waals surface area (Å²) >= 11 is 9.04. The van der Waals surface area contributed by atoms with Crippen molar-refractivity contribution in [3.63, 3.8) is 0 Å². The fourth-order valence-electron chi connectivity index (χ4n) is 4.59. The van der Waals surface area contributed by atoms with E-state index in [1.54, 1.807) is 18.6 Å². The van der Waals surface area contributed by atoms with Crippen molar-refractivity contribution in [2.75, 3.05) is 39.7 Å². The first kappa shape index (κ1) is 27.1. The minimum Gasteiger partial charge on any atom is -0.491 e. The van der Waals surface area contributed by atoms with Crippen LogP contribution in [0.1, 0.15) is 46.6 Å². The summed E-state index contributed by atoms with van der Waals surface area (Å²) in [6, 6.07) is 5.19. The summed E-state index contributed by atoms with van der Waals surface area (Å²) in [4.78, 5) is 16.5. The number of methoxy groups -OCH3 is 1. The summed E-state index contributed by atoms with van der Waals surface area (Å²) in [5.41, 5.74) is 1.11. The van der Waals surface area contributed by atoms with E-state index in [1.807, 2.05) is 36.4 Å². The Bertz CT molecular complexity index is 1320. The first-order valence-corrected chi connectivity index (χ1v) is 15.0. The van der Waals surface area contributed by atoms with Crippen LogP contribution in [0.15, 0.2) is 29.0 Å². The number of piperidine rings is 1. The molecule has 9 nitrogen and oxygen atoms in total. The number of rotatable bonds is 8. The van der Waals surface area contributed by atoms with E-state index in [2.05, 4.69) is 0 Å². The van der Waals surface area contributed by atoms with Gasteiger partial charge in [0.25, 0.3) is 16.1 Å². The normalized spacial score (nSPS) is 19.1. The van der Waals surface area contributed by atoms with Crippen molar-refractivity contribution in [3.8, 4) is 5.75 Å². The highest BCUT2D eigenvalue weighted by atomic mass is 35.5. The quantitative estimate of drug-likeness (QED) is 0.399. The molecule has 1 aliphatic rings. The molecule has 0 saturated carbocycles. The first-order chi connectivity index (χ1) is 17.1. The Morgan fingerprint density at radius 3 is 2.61 bits per heavy atom. The topological polar surface area (TPSA) is 88.0 Å². The standard InChI is InChI=1S/C23H30ClN5O4S3/c1-15-18(7-6-11-28(15)36(31,32)26(2)3)20-21(33-5)22(27(4)13-17-8-9-19(24)35-17)29(25-20)23(30)16-10-12-34-14-16/h8-10,12,14-15,18H,6-7,11,13H2,1-5H3. The predicted molar refractivity (Wildman–Crippen MR) is 145 cm³/mol. The van der Waals surface area contributed by atoms with Crippen LogP contribution in [0.4, 0.5) is 5.82 Å². The minimum atomic E-state index is -3.62. The molecular weight excluding hydrogens is 542 g/mol. The van der Waals surface area contributed by atoms with Crippen LogP contribution in [0, 0.1) is 0 Å². The molecule has 2 unspecified atom stereocenters. The monoisotopic (exact) mass is 571 g/mol. The second kappa shape index (κ2) is 10.8. The summed E-state index contributed by atoms with van der Waals surface area (Å²) in [5.74, 6) is 0.481. The number of aromatic nitrogens is 2. The van der Waals surface area contributed by atoms with Crippen molar-refractivity contribution >= 4 is 56.2 Å². The Hall–Kier alpha value is -1.96. The summed E-state index contributed by atoms with van der Waals surface area (Å²) in [5, 5.41) is 8.42. The Morgan fingerprint density at radius 1 is 1.28 bits per heavy atom. The van der Waals surface area contributed by atoms with Crippen molar-refractivity contribution in [2.45, 2.75) is 38.3 Å². The predicted octanol–water partition coefficient (Wildman–Crippen LogP) is 4.37. The Kier molecular flexibility index (Phi) is 8.13. The van der Waals surface area contributed by atoms with E-state index in [0.29, 0.717) is 46.7 Å². The average Bonchev–Trinajstić information content (AvgIpc) is 3.58. The maximum atomic E-state index is 13.5. The summed E-state index contributed by atoms with van der Waals surface area (Å²) in [6.07, 6.45) is 1.40. The maximum Gasteiger partial charge on any atom is 0.281 e. The number of carbonyl (C=O) groups is 1. The fraction of sp³-hybridized carbons (Fsp3) is 0.478. The zero-order chi connectivity index (χ0) is 26.2. The highest BCUT2D eigenvalue weighted by Crippen LogP contribution is 2.43. The number of hydrogen-bond acceptors (Lipinski definition) is 8. The lowest BCUT2D eigenvalue weighted by atomic mass is 9.88. The van der Waals surface area contributed by atoms with E-state index >= 15 is 0 Å². The van der Waals surface area contributed by atoms with Gasteiger partial charge in [-0.05, 0) is 43.3 Å². The molecule has 36 heavy (non-hydrogen) atoms. The smallest absolute Gasteiger partial charge is 0.281 e. The number of carbonyl (C=O) groups excluding carboxylic acids is 1. The SMILES string of the molecule is COc1c(C2CCCN(S(=O)(=O)N(C)C)C2C)nn(C(=O)c2ccsc2)c1N(C)Cc1ccc(Cl)s1. The molecule has 0 spiro atoms. The third-order valence-electron chi connectivity index (χ3n) is 6.43. The number of ether oxygens (including phenoxy) is 1. The summed E-state index contributed by atoms with van der Waals surface area (Å²) in [7, 11) is 2.88. The van der Waals surface area contributed by atoms with Crippen LogP contribution in [0.25, 0.3) is 0 Å². The lowest BCUT2D eigenvalue weighted by Crippen LogP contribution is -2.50. The molecule has 1 saturated heterocycles. The third kappa shape index (κ3) is 5.07. The molecular formula is C23H30ClN5O4S3. The number of hydrogen-bond donors (Lipinski definition) is 0. The number of nitrogens with zero attached hydrogens (tertiary/aromatic N) is 5. The fourth-order valence-corrected chi connectivity index (χ4v) is 7.71. The van der Waals surface area contributed by atoms with Crippen LogP contribution in [-0.4, -0.2) is 73.6 Å². The van der Waals surface area contributed by atoms with Crippen LogP contribution in [0.3, 0.4) is 0 Å². The lowest BCUT2D eigenvalue weighted by molar-refractivity contribution is 0.0945. The van der Waals surface area contributed by atoms with Crippen molar-refractivity contribution in [2.24, 2.45) is 0 Å². The van der Waals surface area contributed by atoms with Gasteiger partial charge in [0.15, 0.2) is 11.6 Å². The molecule has 4 heterocycles. The van der Waals surface area contributed by atoms with Crippen molar-refractivity contribution < 1.29 is 17.9 Å². The van der Waals surface area contributed by atoms with Gasteiger partial charge in [-0.3, -0.25) is 4.79 Å². The molecule has 1 aliphatic heterocycles. The van der Waals surface area contributed by atoms with Crippen LogP contribution >= 0.6 is 34.3 Å². The molecule has 1 fully saturated rings. The molecule has 0 amide bonds. The molecule has 13 heteroatoms. The molecule has 0 N–H and O–H groups in total. The van der Waals surface area contributed by atoms with E-state index in [1.165, 1.54) is 50.1 Å². The maximum absolute atomic E-state index is 13.5. The number of halogens is 1. The molecule has 4 rings (SSSR count). The summed E-state index contributed by atoms with van der Waals surface area (Å²) < 4.78 is 36.7. The molecule has 2 atom stereocenters. The van der Waals surface area contributed by atoms with E-state index in [4.69, 9.17) is 21.4 Å². The lowest BCUT2D eigenvalue weighted by Gasteiger charge is -2.39. The number of anilines is 1. The molecule has 0 aliphatic carbocycles. The van der Waals surface area contributed by atoms with Gasteiger partial charge in [0.05, 0.1) is 23.6 Å². The zero-order valence-electron chi connectivity index (χ0n) is 20.8. The second-order valence-electron chi connectivity index (χ2n) is 8.92. The van der Waals surface area contributed by atoms with Gasteiger partial charge in [0.2, 0.25) is 0 Å². The average molecular weight is 572 g/mol. The van der Waals surface area contributed by atoms with Crippen LogP contribution in [0.2, 0.25) is 4.34 Å². The van der Waals surface area contributed by atoms with Crippen LogP contribution < -0.4 is 9.64 Å². The van der Waals surface area contributed by atoms with Gasteiger partial charge in [0.1, 0.15) is 5.69 Å². The van der Waals surface area contributed by atoms with Gasteiger partial charge in [-0.25, -0.2) is 0 Å². The molecule has 0 aromatic carbocycles. The zero-order valence-corrected chi connectivity index (χ0v) is 24.0. The van der Waals surface area contributed by atoms with E-state index < -0.39 is 10.2 Å². The molecule has 3 aromatic rings. The summed E-state index contributed by atoms with van der Waals surface area (Å²) in [6.45, 7) is 2.82. The van der Waals surface area contributed by atoms with Gasteiger partial charge in [-0.15, -0.1) is 11.3 Å². The van der Waals surface area contributed by atoms with Gasteiger partial charge >= 0.3 is 0 Å². The van der Waals surface area contributed by atoms with E-state index in [-0.39, 0.29) is 17.9 Å². The highest BCUT2D eigenvalue weighted by Gasteiger charge is 2.41. The number of thiophene rings is 2. The van der Waals surface area contributed by atoms with Crippen molar-refractivity contribution in [1.82, 2.24) is 18.4 Å². The minimum absolute atomic E-state index is 0.247. The molecule has 0 radical (unpaired) electrons. The molecule has 3 aromatic heterocycles. The first-order valence-electron chi connectivity index (χ1n) is 11.4.